The second kappa shape index (κ2) is 12.0. The van der Waals surface area contributed by atoms with Gasteiger partial charge in [-0.1, -0.05) is 0 Å². The number of esters is 1. The van der Waals surface area contributed by atoms with Crippen LogP contribution in [0.2, 0.25) is 0 Å². The number of halogens is 1. The molecule has 0 saturated carbocycles. The van der Waals surface area contributed by atoms with Gasteiger partial charge < -0.3 is 15.0 Å². The summed E-state index contributed by atoms with van der Waals surface area (Å²) in [4.78, 5) is 38.6. The van der Waals surface area contributed by atoms with Crippen molar-refractivity contribution in [3.63, 3.8) is 0 Å². The van der Waals surface area contributed by atoms with E-state index in [9.17, 15) is 18.8 Å². The van der Waals surface area contributed by atoms with E-state index in [1.54, 1.807) is 41.3 Å². The molecular formula is C22H25FN2O4S. The summed E-state index contributed by atoms with van der Waals surface area (Å²) >= 11 is 1.40. The van der Waals surface area contributed by atoms with Crippen molar-refractivity contribution >= 4 is 35.2 Å². The average molecular weight is 433 g/mol. The number of hydrogen-bond donors (Lipinski definition) is 1. The number of nitrogens with one attached hydrogen (secondary N) is 1. The van der Waals surface area contributed by atoms with E-state index in [1.165, 1.54) is 23.9 Å². The van der Waals surface area contributed by atoms with Crippen molar-refractivity contribution in [3.8, 4) is 0 Å². The Morgan fingerprint density at radius 1 is 1.00 bits per heavy atom. The van der Waals surface area contributed by atoms with Gasteiger partial charge in [-0.3, -0.25) is 14.4 Å². The van der Waals surface area contributed by atoms with Crippen molar-refractivity contribution in [3.05, 3.63) is 59.9 Å². The van der Waals surface area contributed by atoms with Crippen molar-refractivity contribution in [2.75, 3.05) is 30.8 Å². The summed E-state index contributed by atoms with van der Waals surface area (Å²) in [5.74, 6) is -0.855. The molecule has 0 aromatic heterocycles. The Morgan fingerprint density at radius 3 is 2.23 bits per heavy atom. The van der Waals surface area contributed by atoms with Gasteiger partial charge in [0.1, 0.15) is 5.82 Å². The molecule has 0 atom stereocenters. The summed E-state index contributed by atoms with van der Waals surface area (Å²) in [6.07, 6.45) is 0.136. The van der Waals surface area contributed by atoms with Crippen molar-refractivity contribution in [1.82, 2.24) is 4.90 Å². The highest BCUT2D eigenvalue weighted by atomic mass is 32.2. The van der Waals surface area contributed by atoms with E-state index in [4.69, 9.17) is 4.74 Å². The molecule has 0 radical (unpaired) electrons. The van der Waals surface area contributed by atoms with E-state index in [2.05, 4.69) is 5.32 Å². The van der Waals surface area contributed by atoms with E-state index in [0.29, 0.717) is 30.1 Å². The molecule has 0 unspecified atom stereocenters. The molecule has 2 aromatic carbocycles. The molecule has 0 aliphatic rings. The van der Waals surface area contributed by atoms with Crippen LogP contribution in [-0.4, -0.2) is 48.1 Å². The lowest BCUT2D eigenvalue weighted by Crippen LogP contribution is -2.30. The standard InChI is InChI=1S/C22H25FN2O4S/c1-3-25(4-2)22(28)16-5-9-18(10-6-16)24-20(26)15-29-21(27)13-14-30-19-11-7-17(23)8-12-19/h5-12H,3-4,13-15H2,1-2H3,(H,24,26). The minimum absolute atomic E-state index is 0.0645. The Balaban J connectivity index is 1.71. The summed E-state index contributed by atoms with van der Waals surface area (Å²) in [7, 11) is 0. The number of anilines is 1. The molecule has 2 amide bonds. The fourth-order valence-corrected chi connectivity index (χ4v) is 3.42. The first-order chi connectivity index (χ1) is 14.4. The zero-order valence-electron chi connectivity index (χ0n) is 17.0. The highest BCUT2D eigenvalue weighted by molar-refractivity contribution is 7.99. The zero-order chi connectivity index (χ0) is 21.9. The number of ether oxygens (including phenoxy) is 1. The molecule has 2 aromatic rings. The van der Waals surface area contributed by atoms with E-state index in [0.717, 1.165) is 4.90 Å². The molecule has 8 heteroatoms. The van der Waals surface area contributed by atoms with Gasteiger partial charge in [-0.2, -0.15) is 0 Å². The van der Waals surface area contributed by atoms with Gasteiger partial charge in [-0.15, -0.1) is 11.8 Å². The van der Waals surface area contributed by atoms with Crippen molar-refractivity contribution < 1.29 is 23.5 Å². The lowest BCUT2D eigenvalue weighted by atomic mass is 10.2. The second-order valence-corrected chi connectivity index (χ2v) is 7.48. The lowest BCUT2D eigenvalue weighted by Gasteiger charge is -2.18. The second-order valence-electron chi connectivity index (χ2n) is 6.32. The first-order valence-corrected chi connectivity index (χ1v) is 10.6. The Hall–Kier alpha value is -2.87. The van der Waals surface area contributed by atoms with Crippen LogP contribution in [0.5, 0.6) is 0 Å². The van der Waals surface area contributed by atoms with Crippen LogP contribution in [0.4, 0.5) is 10.1 Å². The van der Waals surface area contributed by atoms with Gasteiger partial charge in [-0.25, -0.2) is 4.39 Å². The molecule has 0 heterocycles. The van der Waals surface area contributed by atoms with Crippen LogP contribution < -0.4 is 5.32 Å². The maximum atomic E-state index is 12.8. The fraction of sp³-hybridized carbons (Fsp3) is 0.318. The van der Waals surface area contributed by atoms with Crippen LogP contribution in [0.1, 0.15) is 30.6 Å². The number of hydrogen-bond acceptors (Lipinski definition) is 5. The zero-order valence-corrected chi connectivity index (χ0v) is 17.8. The third-order valence-electron chi connectivity index (χ3n) is 4.22. The molecule has 0 aliphatic heterocycles. The van der Waals surface area contributed by atoms with Crippen molar-refractivity contribution in [2.24, 2.45) is 0 Å². The number of thioether (sulfide) groups is 1. The van der Waals surface area contributed by atoms with Crippen LogP contribution >= 0.6 is 11.8 Å². The number of rotatable bonds is 10. The van der Waals surface area contributed by atoms with Gasteiger partial charge in [0.25, 0.3) is 11.8 Å². The highest BCUT2D eigenvalue weighted by Gasteiger charge is 2.13. The van der Waals surface area contributed by atoms with Gasteiger partial charge in [0.15, 0.2) is 6.61 Å². The molecule has 160 valence electrons. The van der Waals surface area contributed by atoms with Crippen LogP contribution in [0, 0.1) is 5.82 Å². The molecule has 0 spiro atoms. The summed E-state index contributed by atoms with van der Waals surface area (Å²) in [5, 5.41) is 2.63. The summed E-state index contributed by atoms with van der Waals surface area (Å²) in [6, 6.07) is 12.6. The Labute approximate surface area is 179 Å². The molecule has 0 aliphatic carbocycles. The van der Waals surface area contributed by atoms with Gasteiger partial charge in [-0.05, 0) is 62.4 Å². The van der Waals surface area contributed by atoms with Crippen LogP contribution in [0.15, 0.2) is 53.4 Å². The monoisotopic (exact) mass is 432 g/mol. The number of carbonyl (C=O) groups excluding carboxylic acids is 3. The number of nitrogens with zero attached hydrogens (tertiary/aromatic N) is 1. The summed E-state index contributed by atoms with van der Waals surface area (Å²) in [6.45, 7) is 4.70. The van der Waals surface area contributed by atoms with Gasteiger partial charge >= 0.3 is 5.97 Å². The Kier molecular flexibility index (Phi) is 9.34. The third kappa shape index (κ3) is 7.51. The minimum Gasteiger partial charge on any atom is -0.456 e. The average Bonchev–Trinajstić information content (AvgIpc) is 2.75. The normalized spacial score (nSPS) is 10.4. The largest absolute Gasteiger partial charge is 0.456 e. The van der Waals surface area contributed by atoms with Crippen LogP contribution in [-0.2, 0) is 14.3 Å². The first-order valence-electron chi connectivity index (χ1n) is 9.66. The molecule has 0 fully saturated rings. The molecule has 6 nitrogen and oxygen atoms in total. The van der Waals surface area contributed by atoms with Gasteiger partial charge in [0.05, 0.1) is 6.42 Å². The van der Waals surface area contributed by atoms with E-state index < -0.39 is 11.9 Å². The predicted octanol–water partition coefficient (Wildman–Crippen LogP) is 3.97. The quantitative estimate of drug-likeness (QED) is 0.454. The van der Waals surface area contributed by atoms with Gasteiger partial charge in [0, 0.05) is 35.0 Å². The lowest BCUT2D eigenvalue weighted by molar-refractivity contribution is -0.146. The van der Waals surface area contributed by atoms with Crippen molar-refractivity contribution in [1.29, 1.82) is 0 Å². The molecule has 0 bridgehead atoms. The van der Waals surface area contributed by atoms with E-state index in [-0.39, 0.29) is 24.8 Å². The topological polar surface area (TPSA) is 75.7 Å². The van der Waals surface area contributed by atoms with Crippen molar-refractivity contribution in [2.45, 2.75) is 25.2 Å². The number of carbonyl (C=O) groups is 3. The molecular weight excluding hydrogens is 407 g/mol. The Bertz CT molecular complexity index is 852. The summed E-state index contributed by atoms with van der Waals surface area (Å²) < 4.78 is 17.8. The first kappa shape index (κ1) is 23.4. The summed E-state index contributed by atoms with van der Waals surface area (Å²) in [5.41, 5.74) is 1.06. The molecule has 30 heavy (non-hydrogen) atoms. The van der Waals surface area contributed by atoms with E-state index in [1.807, 2.05) is 13.8 Å². The molecule has 1 N–H and O–H groups in total. The third-order valence-corrected chi connectivity index (χ3v) is 5.23. The molecule has 2 rings (SSSR count). The SMILES string of the molecule is CCN(CC)C(=O)c1ccc(NC(=O)COC(=O)CCSc2ccc(F)cc2)cc1. The van der Waals surface area contributed by atoms with Crippen LogP contribution in [0.3, 0.4) is 0 Å². The van der Waals surface area contributed by atoms with Gasteiger partial charge in [0.2, 0.25) is 0 Å². The number of amides is 2. The Morgan fingerprint density at radius 2 is 1.63 bits per heavy atom. The minimum atomic E-state index is -0.486. The maximum absolute atomic E-state index is 12.8. The maximum Gasteiger partial charge on any atom is 0.307 e. The number of benzene rings is 2. The van der Waals surface area contributed by atoms with E-state index >= 15 is 0 Å². The molecule has 0 saturated heterocycles. The smallest absolute Gasteiger partial charge is 0.307 e. The highest BCUT2D eigenvalue weighted by Crippen LogP contribution is 2.19. The van der Waals surface area contributed by atoms with Crippen LogP contribution in [0.25, 0.3) is 0 Å². The fourth-order valence-electron chi connectivity index (χ4n) is 2.59. The predicted molar refractivity (Wildman–Crippen MR) is 115 cm³/mol.